The van der Waals surface area contributed by atoms with Gasteiger partial charge in [0.1, 0.15) is 5.82 Å². The minimum atomic E-state index is -0.267. The third-order valence-electron chi connectivity index (χ3n) is 4.25. The molecule has 1 atom stereocenters. The number of halogens is 1. The first kappa shape index (κ1) is 16.9. The molecule has 2 rings (SSSR count). The normalized spacial score (nSPS) is 17.8. The number of amides is 1. The Balaban J connectivity index is 2.11. The van der Waals surface area contributed by atoms with Gasteiger partial charge in [0.2, 0.25) is 5.91 Å². The minimum Gasteiger partial charge on any atom is -0.340 e. The molecule has 1 aliphatic rings. The van der Waals surface area contributed by atoms with E-state index in [0.717, 1.165) is 38.3 Å². The van der Waals surface area contributed by atoms with Crippen LogP contribution in [0.5, 0.6) is 0 Å². The van der Waals surface area contributed by atoms with E-state index in [2.05, 4.69) is 11.8 Å². The van der Waals surface area contributed by atoms with Gasteiger partial charge in [-0.05, 0) is 38.3 Å². The van der Waals surface area contributed by atoms with Gasteiger partial charge in [0.05, 0.1) is 5.92 Å². The molecule has 4 nitrogen and oxygen atoms in total. The van der Waals surface area contributed by atoms with Crippen LogP contribution >= 0.6 is 0 Å². The molecule has 1 aliphatic heterocycles. The Kier molecular flexibility index (Phi) is 5.91. The molecule has 0 aliphatic carbocycles. The number of rotatable bonds is 5. The van der Waals surface area contributed by atoms with Gasteiger partial charge in [0.25, 0.3) is 0 Å². The molecular formula is C17H26FN3O. The molecule has 0 spiro atoms. The molecule has 0 radical (unpaired) electrons. The Bertz CT molecular complexity index is 481. The maximum Gasteiger partial charge on any atom is 0.231 e. The maximum atomic E-state index is 13.1. The number of benzene rings is 1. The van der Waals surface area contributed by atoms with Gasteiger partial charge in [-0.3, -0.25) is 4.79 Å². The highest BCUT2D eigenvalue weighted by molar-refractivity contribution is 5.84. The zero-order valence-corrected chi connectivity index (χ0v) is 13.8. The largest absolute Gasteiger partial charge is 0.340 e. The lowest BCUT2D eigenvalue weighted by Crippen LogP contribution is -2.50. The summed E-state index contributed by atoms with van der Waals surface area (Å²) in [5.74, 6) is -0.351. The second-order valence-electron chi connectivity index (χ2n) is 6.13. The third kappa shape index (κ3) is 4.27. The Morgan fingerprint density at radius 3 is 2.27 bits per heavy atom. The van der Waals surface area contributed by atoms with Gasteiger partial charge in [-0.1, -0.05) is 19.1 Å². The Labute approximate surface area is 132 Å². The van der Waals surface area contributed by atoms with Crippen molar-refractivity contribution in [3.05, 3.63) is 35.6 Å². The molecule has 5 heteroatoms. The quantitative estimate of drug-likeness (QED) is 0.827. The van der Waals surface area contributed by atoms with E-state index in [-0.39, 0.29) is 17.6 Å². The zero-order valence-electron chi connectivity index (χ0n) is 13.8. The van der Waals surface area contributed by atoms with Crippen LogP contribution in [0.3, 0.4) is 0 Å². The molecule has 1 aromatic carbocycles. The van der Waals surface area contributed by atoms with Crippen LogP contribution in [0.25, 0.3) is 0 Å². The van der Waals surface area contributed by atoms with E-state index in [1.807, 2.05) is 23.9 Å². The maximum absolute atomic E-state index is 13.1. The second kappa shape index (κ2) is 7.70. The van der Waals surface area contributed by atoms with Gasteiger partial charge in [-0.15, -0.1) is 0 Å². The van der Waals surface area contributed by atoms with Crippen molar-refractivity contribution >= 4 is 5.91 Å². The fraction of sp³-hybridized carbons (Fsp3) is 0.588. The van der Waals surface area contributed by atoms with E-state index in [0.29, 0.717) is 6.54 Å². The van der Waals surface area contributed by atoms with Crippen molar-refractivity contribution in [2.45, 2.75) is 12.8 Å². The molecule has 0 aromatic heterocycles. The number of carbonyl (C=O) groups is 1. The molecule has 122 valence electrons. The highest BCUT2D eigenvalue weighted by Gasteiger charge is 2.28. The lowest BCUT2D eigenvalue weighted by molar-refractivity contribution is -0.134. The number of piperazine rings is 1. The van der Waals surface area contributed by atoms with Crippen LogP contribution in [0.4, 0.5) is 4.39 Å². The van der Waals surface area contributed by atoms with Crippen molar-refractivity contribution < 1.29 is 9.18 Å². The Morgan fingerprint density at radius 1 is 1.18 bits per heavy atom. The van der Waals surface area contributed by atoms with E-state index in [1.165, 1.54) is 12.1 Å². The summed E-state index contributed by atoms with van der Waals surface area (Å²) in [7, 11) is 3.91. The van der Waals surface area contributed by atoms with Crippen molar-refractivity contribution in [1.29, 1.82) is 0 Å². The highest BCUT2D eigenvalue weighted by atomic mass is 19.1. The average Bonchev–Trinajstić information content (AvgIpc) is 2.53. The van der Waals surface area contributed by atoms with E-state index in [4.69, 9.17) is 0 Å². The molecular weight excluding hydrogens is 281 g/mol. The van der Waals surface area contributed by atoms with E-state index in [1.54, 1.807) is 12.1 Å². The van der Waals surface area contributed by atoms with Crippen molar-refractivity contribution in [3.63, 3.8) is 0 Å². The van der Waals surface area contributed by atoms with Crippen LogP contribution in [0.15, 0.2) is 24.3 Å². The first-order chi connectivity index (χ1) is 10.5. The van der Waals surface area contributed by atoms with Crippen LogP contribution in [0.2, 0.25) is 0 Å². The summed E-state index contributed by atoms with van der Waals surface area (Å²) >= 11 is 0. The molecule has 1 fully saturated rings. The number of hydrogen-bond acceptors (Lipinski definition) is 3. The van der Waals surface area contributed by atoms with E-state index < -0.39 is 0 Å². The molecule has 1 amide bonds. The first-order valence-corrected chi connectivity index (χ1v) is 7.92. The molecule has 0 saturated carbocycles. The van der Waals surface area contributed by atoms with Crippen LogP contribution in [-0.4, -0.2) is 74.0 Å². The van der Waals surface area contributed by atoms with Crippen molar-refractivity contribution in [2.75, 3.05) is 53.4 Å². The highest BCUT2D eigenvalue weighted by Crippen LogP contribution is 2.21. The summed E-state index contributed by atoms with van der Waals surface area (Å²) in [5, 5.41) is 0. The summed E-state index contributed by atoms with van der Waals surface area (Å²) < 4.78 is 13.1. The number of hydrogen-bond donors (Lipinski definition) is 0. The zero-order chi connectivity index (χ0) is 16.1. The number of nitrogens with zero attached hydrogens (tertiary/aromatic N) is 3. The summed E-state index contributed by atoms with van der Waals surface area (Å²) in [4.78, 5) is 19.2. The predicted molar refractivity (Wildman–Crippen MR) is 86.4 cm³/mol. The standard InChI is InChI=1S/C17H26FN3O/c1-4-20-9-11-21(12-10-20)17(22)16(13-19(2)3)14-5-7-15(18)8-6-14/h5-8,16H,4,9-13H2,1-3H3. The third-order valence-corrected chi connectivity index (χ3v) is 4.25. The van der Waals surface area contributed by atoms with Crippen LogP contribution < -0.4 is 0 Å². The van der Waals surface area contributed by atoms with Crippen LogP contribution in [0.1, 0.15) is 18.4 Å². The van der Waals surface area contributed by atoms with E-state index >= 15 is 0 Å². The monoisotopic (exact) mass is 307 g/mol. The summed E-state index contributed by atoms with van der Waals surface area (Å²) in [6, 6.07) is 6.31. The molecule has 0 N–H and O–H groups in total. The molecule has 1 aromatic rings. The molecule has 0 bridgehead atoms. The molecule has 1 unspecified atom stereocenters. The summed E-state index contributed by atoms with van der Waals surface area (Å²) in [6.45, 7) is 7.22. The topological polar surface area (TPSA) is 26.8 Å². The molecule has 1 saturated heterocycles. The molecule has 22 heavy (non-hydrogen) atoms. The van der Waals surface area contributed by atoms with Gasteiger partial charge >= 0.3 is 0 Å². The minimum absolute atomic E-state index is 0.149. The number of likely N-dealkylation sites (N-methyl/N-ethyl adjacent to an activating group) is 2. The Morgan fingerprint density at radius 2 is 1.77 bits per heavy atom. The fourth-order valence-corrected chi connectivity index (χ4v) is 2.89. The van der Waals surface area contributed by atoms with Gasteiger partial charge in [-0.2, -0.15) is 0 Å². The Hall–Kier alpha value is -1.46. The van der Waals surface area contributed by atoms with Gasteiger partial charge in [-0.25, -0.2) is 4.39 Å². The lowest BCUT2D eigenvalue weighted by Gasteiger charge is -2.36. The fourth-order valence-electron chi connectivity index (χ4n) is 2.89. The summed E-state index contributed by atoms with van der Waals surface area (Å²) in [6.07, 6.45) is 0. The van der Waals surface area contributed by atoms with Gasteiger partial charge in [0, 0.05) is 32.7 Å². The van der Waals surface area contributed by atoms with Gasteiger partial charge < -0.3 is 14.7 Å². The molecule has 1 heterocycles. The SMILES string of the molecule is CCN1CCN(C(=O)C(CN(C)C)c2ccc(F)cc2)CC1. The second-order valence-corrected chi connectivity index (χ2v) is 6.13. The van der Waals surface area contributed by atoms with Crippen molar-refractivity contribution in [2.24, 2.45) is 0 Å². The van der Waals surface area contributed by atoms with E-state index in [9.17, 15) is 9.18 Å². The van der Waals surface area contributed by atoms with Crippen molar-refractivity contribution in [3.8, 4) is 0 Å². The van der Waals surface area contributed by atoms with Crippen LogP contribution in [0, 0.1) is 5.82 Å². The lowest BCUT2D eigenvalue weighted by atomic mass is 9.96. The average molecular weight is 307 g/mol. The summed E-state index contributed by atoms with van der Waals surface area (Å²) in [5.41, 5.74) is 0.887. The number of carbonyl (C=O) groups excluding carboxylic acids is 1. The van der Waals surface area contributed by atoms with Crippen molar-refractivity contribution in [1.82, 2.24) is 14.7 Å². The van der Waals surface area contributed by atoms with Gasteiger partial charge in [0.15, 0.2) is 0 Å². The smallest absolute Gasteiger partial charge is 0.231 e. The predicted octanol–water partition coefficient (Wildman–Crippen LogP) is 1.63. The van der Waals surface area contributed by atoms with Crippen LogP contribution in [-0.2, 0) is 4.79 Å². The first-order valence-electron chi connectivity index (χ1n) is 7.92.